The molecule has 0 aliphatic carbocycles. The third-order valence-electron chi connectivity index (χ3n) is 3.24. The Hall–Kier alpha value is -2.41. The van der Waals surface area contributed by atoms with E-state index in [9.17, 15) is 22.7 Å². The fraction of sp³-hybridized carbons (Fsp3) is 0.188. The summed E-state index contributed by atoms with van der Waals surface area (Å²) in [5.41, 5.74) is 1.44. The molecule has 7 heteroatoms. The van der Waals surface area contributed by atoms with E-state index in [-0.39, 0.29) is 11.3 Å². The Kier molecular flexibility index (Phi) is 4.70. The maximum absolute atomic E-state index is 14.1. The minimum absolute atomic E-state index is 0.218. The van der Waals surface area contributed by atoms with E-state index >= 15 is 0 Å². The van der Waals surface area contributed by atoms with E-state index in [0.29, 0.717) is 5.56 Å². The van der Waals surface area contributed by atoms with Gasteiger partial charge in [0.25, 0.3) is 0 Å². The molecule has 0 fully saturated rings. The molecule has 23 heavy (non-hydrogen) atoms. The molecule has 2 aromatic rings. The molecular weight excluding hydrogens is 321 g/mol. The molecule has 0 radical (unpaired) electrons. The topological polar surface area (TPSA) is 83.5 Å². The van der Waals surface area contributed by atoms with Crippen LogP contribution in [-0.4, -0.2) is 25.7 Å². The molecule has 0 bridgehead atoms. The summed E-state index contributed by atoms with van der Waals surface area (Å²) in [6.07, 6.45) is 0.910. The molecule has 2 N–H and O–H groups in total. The predicted molar refractivity (Wildman–Crippen MR) is 85.5 cm³/mol. The highest BCUT2D eigenvalue weighted by Crippen LogP contribution is 2.28. The van der Waals surface area contributed by atoms with E-state index in [4.69, 9.17) is 0 Å². The number of benzene rings is 2. The van der Waals surface area contributed by atoms with Crippen LogP contribution in [0.4, 0.5) is 10.1 Å². The molecule has 0 spiro atoms. The lowest BCUT2D eigenvalue weighted by Gasteiger charge is -2.15. The van der Waals surface area contributed by atoms with Crippen LogP contribution in [0, 0.1) is 12.7 Å². The van der Waals surface area contributed by atoms with Crippen LogP contribution in [0.2, 0.25) is 0 Å². The van der Waals surface area contributed by atoms with Crippen molar-refractivity contribution < 1.29 is 22.7 Å². The van der Waals surface area contributed by atoms with E-state index in [1.807, 2.05) is 17.7 Å². The number of aliphatic carboxylic acids is 1. The zero-order valence-electron chi connectivity index (χ0n) is 12.6. The number of hydrogen-bond acceptors (Lipinski definition) is 3. The lowest BCUT2D eigenvalue weighted by Crippen LogP contribution is -2.15. The molecule has 0 saturated heterocycles. The first kappa shape index (κ1) is 17.0. The SMILES string of the molecule is Cc1cccc(C(C(=O)O)c2ccc(NS(C)(=O)=O)c(F)c2)c1. The van der Waals surface area contributed by atoms with E-state index in [0.717, 1.165) is 17.9 Å². The number of carboxylic acids is 1. The molecule has 2 aromatic carbocycles. The number of nitrogens with one attached hydrogen (secondary N) is 1. The van der Waals surface area contributed by atoms with Crippen LogP contribution in [0.15, 0.2) is 42.5 Å². The highest BCUT2D eigenvalue weighted by molar-refractivity contribution is 7.92. The molecular formula is C16H16FNO4S. The Bertz CT molecular complexity index is 849. The van der Waals surface area contributed by atoms with E-state index < -0.39 is 27.7 Å². The first-order chi connectivity index (χ1) is 10.7. The standard InChI is InChI=1S/C16H16FNO4S/c1-10-4-3-5-11(8-10)15(16(19)20)12-6-7-14(13(17)9-12)18-23(2,21)22/h3-9,15,18H,1-2H3,(H,19,20). The summed E-state index contributed by atoms with van der Waals surface area (Å²) in [7, 11) is -3.61. The average molecular weight is 337 g/mol. The van der Waals surface area contributed by atoms with Gasteiger partial charge in [-0.25, -0.2) is 12.8 Å². The van der Waals surface area contributed by atoms with Crippen LogP contribution < -0.4 is 4.72 Å². The molecule has 0 saturated carbocycles. The quantitative estimate of drug-likeness (QED) is 0.879. The Morgan fingerprint density at radius 1 is 1.17 bits per heavy atom. The van der Waals surface area contributed by atoms with Crippen LogP contribution >= 0.6 is 0 Å². The van der Waals surface area contributed by atoms with Crippen LogP contribution in [-0.2, 0) is 14.8 Å². The van der Waals surface area contributed by atoms with Gasteiger partial charge in [-0.3, -0.25) is 9.52 Å². The predicted octanol–water partition coefficient (Wildman–Crippen LogP) is 2.72. The fourth-order valence-corrected chi connectivity index (χ4v) is 2.89. The highest BCUT2D eigenvalue weighted by atomic mass is 32.2. The lowest BCUT2D eigenvalue weighted by atomic mass is 9.90. The number of aryl methyl sites for hydroxylation is 1. The molecule has 2 rings (SSSR count). The van der Waals surface area contributed by atoms with Crippen molar-refractivity contribution in [1.82, 2.24) is 0 Å². The zero-order valence-corrected chi connectivity index (χ0v) is 13.4. The number of halogens is 1. The summed E-state index contributed by atoms with van der Waals surface area (Å²) in [6.45, 7) is 1.84. The molecule has 122 valence electrons. The van der Waals surface area contributed by atoms with Crippen LogP contribution in [0.3, 0.4) is 0 Å². The van der Waals surface area contributed by atoms with Gasteiger partial charge in [0.1, 0.15) is 11.7 Å². The van der Waals surface area contributed by atoms with Crippen molar-refractivity contribution in [2.75, 3.05) is 11.0 Å². The summed E-state index contributed by atoms with van der Waals surface area (Å²) < 4.78 is 38.5. The summed E-state index contributed by atoms with van der Waals surface area (Å²) >= 11 is 0. The molecule has 0 amide bonds. The second-order valence-corrected chi connectivity index (χ2v) is 7.05. The van der Waals surface area contributed by atoms with Gasteiger partial charge in [-0.15, -0.1) is 0 Å². The largest absolute Gasteiger partial charge is 0.481 e. The van der Waals surface area contributed by atoms with Gasteiger partial charge in [-0.2, -0.15) is 0 Å². The van der Waals surface area contributed by atoms with E-state index in [1.54, 1.807) is 18.2 Å². The van der Waals surface area contributed by atoms with Gasteiger partial charge >= 0.3 is 5.97 Å². The Balaban J connectivity index is 2.45. The Morgan fingerprint density at radius 2 is 1.83 bits per heavy atom. The summed E-state index contributed by atoms with van der Waals surface area (Å²) in [5.74, 6) is -2.97. The first-order valence-electron chi connectivity index (χ1n) is 6.74. The molecule has 1 atom stereocenters. The summed E-state index contributed by atoms with van der Waals surface area (Å²) in [4.78, 5) is 11.6. The van der Waals surface area contributed by atoms with Crippen LogP contribution in [0.5, 0.6) is 0 Å². The molecule has 1 unspecified atom stereocenters. The second-order valence-electron chi connectivity index (χ2n) is 5.30. The number of carboxylic acid groups (broad SMARTS) is 1. The number of sulfonamides is 1. The smallest absolute Gasteiger partial charge is 0.315 e. The van der Waals surface area contributed by atoms with Gasteiger partial charge in [0.2, 0.25) is 10.0 Å². The third-order valence-corrected chi connectivity index (χ3v) is 3.83. The molecule has 0 heterocycles. The number of carbonyl (C=O) groups is 1. The van der Waals surface area contributed by atoms with Gasteiger partial charge in [0.15, 0.2) is 0 Å². The summed E-state index contributed by atoms with van der Waals surface area (Å²) in [5, 5.41) is 9.48. The van der Waals surface area contributed by atoms with Crippen molar-refractivity contribution in [1.29, 1.82) is 0 Å². The maximum Gasteiger partial charge on any atom is 0.315 e. The number of hydrogen-bond donors (Lipinski definition) is 2. The molecule has 0 aliphatic heterocycles. The van der Waals surface area contributed by atoms with Crippen LogP contribution in [0.25, 0.3) is 0 Å². The zero-order chi connectivity index (χ0) is 17.2. The molecule has 0 aliphatic rings. The third kappa shape index (κ3) is 4.29. The monoisotopic (exact) mass is 337 g/mol. The van der Waals surface area contributed by atoms with Crippen molar-refractivity contribution in [2.45, 2.75) is 12.8 Å². The lowest BCUT2D eigenvalue weighted by molar-refractivity contribution is -0.137. The first-order valence-corrected chi connectivity index (χ1v) is 8.63. The van der Waals surface area contributed by atoms with Gasteiger partial charge < -0.3 is 5.11 Å². The Morgan fingerprint density at radius 3 is 2.35 bits per heavy atom. The van der Waals surface area contributed by atoms with Crippen molar-refractivity contribution in [3.8, 4) is 0 Å². The van der Waals surface area contributed by atoms with Gasteiger partial charge in [-0.05, 0) is 30.2 Å². The van der Waals surface area contributed by atoms with Crippen LogP contribution in [0.1, 0.15) is 22.6 Å². The summed E-state index contributed by atoms with van der Waals surface area (Å²) in [6, 6.07) is 10.6. The highest BCUT2D eigenvalue weighted by Gasteiger charge is 2.23. The Labute approximate surface area is 133 Å². The van der Waals surface area contributed by atoms with E-state index in [2.05, 4.69) is 0 Å². The molecule has 0 aromatic heterocycles. The van der Waals surface area contributed by atoms with Gasteiger partial charge in [0, 0.05) is 0 Å². The second kappa shape index (κ2) is 6.37. The van der Waals surface area contributed by atoms with Crippen molar-refractivity contribution in [2.24, 2.45) is 0 Å². The van der Waals surface area contributed by atoms with Gasteiger partial charge in [-0.1, -0.05) is 35.9 Å². The normalized spacial score (nSPS) is 12.7. The van der Waals surface area contributed by atoms with Gasteiger partial charge in [0.05, 0.1) is 11.9 Å². The molecule has 5 nitrogen and oxygen atoms in total. The fourth-order valence-electron chi connectivity index (χ4n) is 2.32. The van der Waals surface area contributed by atoms with Crippen molar-refractivity contribution in [3.05, 3.63) is 65.0 Å². The minimum atomic E-state index is -3.61. The van der Waals surface area contributed by atoms with Crippen molar-refractivity contribution >= 4 is 21.7 Å². The minimum Gasteiger partial charge on any atom is -0.481 e. The number of anilines is 1. The maximum atomic E-state index is 14.1. The number of rotatable bonds is 5. The average Bonchev–Trinajstić information content (AvgIpc) is 2.40. The van der Waals surface area contributed by atoms with E-state index in [1.165, 1.54) is 12.1 Å². The van der Waals surface area contributed by atoms with Crippen molar-refractivity contribution in [3.63, 3.8) is 0 Å².